The zero-order valence-electron chi connectivity index (χ0n) is 57.0. The molecule has 9 aromatic rings. The van der Waals surface area contributed by atoms with Crippen LogP contribution in [-0.2, 0) is 16.2 Å². The van der Waals surface area contributed by atoms with Crippen molar-refractivity contribution in [3.63, 3.8) is 0 Å². The van der Waals surface area contributed by atoms with Gasteiger partial charge in [0.25, 0.3) is 0 Å². The van der Waals surface area contributed by atoms with Gasteiger partial charge in [-0.2, -0.15) is 0 Å². The van der Waals surface area contributed by atoms with Gasteiger partial charge in [-0.3, -0.25) is 0 Å². The molecule has 1 heteroatoms. The second-order valence-corrected chi connectivity index (χ2v) is 17.1. The molecule has 0 saturated carbocycles. The molecular formula is C61H49N. The molecule has 0 fully saturated rings. The first-order valence-electron chi connectivity index (χ1n) is 31.8. The predicted octanol–water partition coefficient (Wildman–Crippen LogP) is 16.6. The first-order valence-corrected chi connectivity index (χ1v) is 20.3. The number of hydrogen-bond donors (Lipinski definition) is 0. The molecule has 0 aromatic heterocycles. The Hall–Kier alpha value is -6.96. The summed E-state index contributed by atoms with van der Waals surface area (Å²) in [4.78, 5) is 1.61. The lowest BCUT2D eigenvalue weighted by Gasteiger charge is -2.30. The second-order valence-electron chi connectivity index (χ2n) is 17.1. The Bertz CT molecular complexity index is 4400. The highest BCUT2D eigenvalue weighted by atomic mass is 15.1. The Morgan fingerprint density at radius 1 is 0.403 bits per heavy atom. The first-order chi connectivity index (χ1) is 39.6. The molecule has 3 aliphatic carbocycles. The van der Waals surface area contributed by atoms with Crippen LogP contribution in [0.5, 0.6) is 0 Å². The zero-order valence-corrected chi connectivity index (χ0v) is 34.0. The van der Waals surface area contributed by atoms with E-state index >= 15 is 0 Å². The number of hydrogen-bond acceptors (Lipinski definition) is 1. The van der Waals surface area contributed by atoms with Crippen molar-refractivity contribution in [2.24, 2.45) is 0 Å². The molecule has 0 heterocycles. The van der Waals surface area contributed by atoms with Gasteiger partial charge >= 0.3 is 0 Å². The number of anilines is 3. The summed E-state index contributed by atoms with van der Waals surface area (Å²) in [6.45, 7) is 0.729. The van der Waals surface area contributed by atoms with Crippen molar-refractivity contribution >= 4 is 27.8 Å². The first kappa shape index (κ1) is 20.3. The van der Waals surface area contributed by atoms with Crippen LogP contribution in [0.4, 0.5) is 17.1 Å². The van der Waals surface area contributed by atoms with E-state index in [-0.39, 0.29) is 5.69 Å². The van der Waals surface area contributed by atoms with Crippen LogP contribution >= 0.6 is 0 Å². The van der Waals surface area contributed by atoms with E-state index in [4.69, 9.17) is 17.8 Å². The lowest BCUT2D eigenvalue weighted by molar-refractivity contribution is 0.660. The number of rotatable bonds is 5. The van der Waals surface area contributed by atoms with Gasteiger partial charge in [-0.25, -0.2) is 0 Å². The fourth-order valence-electron chi connectivity index (χ4n) is 9.86. The van der Waals surface area contributed by atoms with Gasteiger partial charge in [0.1, 0.15) is 0 Å². The van der Waals surface area contributed by atoms with Gasteiger partial charge in [-0.05, 0) is 142 Å². The Morgan fingerprint density at radius 2 is 0.968 bits per heavy atom. The summed E-state index contributed by atoms with van der Waals surface area (Å²) in [7, 11) is 0. The minimum absolute atomic E-state index is 0.285. The summed E-state index contributed by atoms with van der Waals surface area (Å²) >= 11 is 0. The van der Waals surface area contributed by atoms with Crippen molar-refractivity contribution in [3.05, 3.63) is 221 Å². The number of nitrogens with zero attached hydrogens (tertiary/aromatic N) is 1. The zero-order chi connectivity index (χ0) is 61.9. The van der Waals surface area contributed by atoms with E-state index in [9.17, 15) is 13.7 Å². The summed E-state index contributed by atoms with van der Waals surface area (Å²) in [6.07, 6.45) is 0. The number of benzene rings is 9. The van der Waals surface area contributed by atoms with E-state index in [0.717, 1.165) is 44.5 Å². The molecule has 0 saturated heterocycles. The third-order valence-electron chi connectivity index (χ3n) is 13.0. The predicted molar refractivity (Wildman–Crippen MR) is 262 cm³/mol. The molecule has 0 atom stereocenters. The van der Waals surface area contributed by atoms with Gasteiger partial charge in [0.15, 0.2) is 0 Å². The van der Waals surface area contributed by atoms with Crippen molar-refractivity contribution in [2.45, 2.75) is 57.6 Å². The van der Waals surface area contributed by atoms with Crippen molar-refractivity contribution in [2.75, 3.05) is 4.90 Å². The third kappa shape index (κ3) is 5.15. The molecule has 3 aliphatic rings. The van der Waals surface area contributed by atoms with Gasteiger partial charge in [-0.15, -0.1) is 0 Å². The van der Waals surface area contributed by atoms with E-state index in [1.807, 2.05) is 84.9 Å². The quantitative estimate of drug-likeness (QED) is 0.167. The van der Waals surface area contributed by atoms with Crippen LogP contribution in [0, 0.1) is 0 Å². The molecule has 0 amide bonds. The van der Waals surface area contributed by atoms with Crippen LogP contribution in [0.1, 0.15) is 106 Å². The highest BCUT2D eigenvalue weighted by Crippen LogP contribution is 2.54. The fourth-order valence-corrected chi connectivity index (χ4v) is 9.86. The molecule has 0 radical (unpaired) electrons. The van der Waals surface area contributed by atoms with E-state index in [1.165, 1.54) is 0 Å². The average Bonchev–Trinajstić information content (AvgIpc) is 1.55. The Morgan fingerprint density at radius 3 is 1.63 bits per heavy atom. The largest absolute Gasteiger partial charge is 0.310 e. The lowest BCUT2D eigenvalue weighted by Crippen LogP contribution is -2.18. The maximum Gasteiger partial charge on any atom is 0.0645 e. The summed E-state index contributed by atoms with van der Waals surface area (Å²) in [5.41, 5.74) is -3.21. The maximum absolute atomic E-state index is 10.1. The van der Waals surface area contributed by atoms with E-state index in [0.29, 0.717) is 11.4 Å². The van der Waals surface area contributed by atoms with Gasteiger partial charge in [-0.1, -0.05) is 187 Å². The summed E-state index contributed by atoms with van der Waals surface area (Å²) in [5.74, 6) is 0. The standard InChI is InChI=1S/C61H49N/c1-59(2)54-22-14-11-19-48(54)51-35-40(26-34-55(51)59)58-44-16-8-7-15-38(44)25-31-45(58)39-23-27-41(28-24-39)62(42-29-32-49-46-17-9-12-20-52(46)60(3,4)56(49)36-42)43-30-33-50-47-18-10-13-21-53(47)61(5,6)57(50)37-43/h7-37H,1-6H3/i1D3,2D3,7D,8D,11D,14D,15D,16D,19D,22D,23D,24D,25D,26D,27D,28D,31D,34D,35D. The number of fused-ring (bicyclic) bond motifs is 10. The smallest absolute Gasteiger partial charge is 0.0645 e. The molecule has 298 valence electrons. The summed E-state index contributed by atoms with van der Waals surface area (Å²) in [5, 5.41) is -1.39. The van der Waals surface area contributed by atoms with Crippen LogP contribution in [0.2, 0.25) is 0 Å². The summed E-state index contributed by atoms with van der Waals surface area (Å²) in [6, 6.07) is 10.9. The fraction of sp³-hybridized carbons (Fsp3) is 0.148. The van der Waals surface area contributed by atoms with Gasteiger partial charge < -0.3 is 4.90 Å². The van der Waals surface area contributed by atoms with Crippen LogP contribution < -0.4 is 4.90 Å². The molecule has 0 bridgehead atoms. The van der Waals surface area contributed by atoms with E-state index in [1.54, 1.807) is 4.90 Å². The monoisotopic (exact) mass is 819 g/mol. The normalized spacial score (nSPS) is 21.0. The highest BCUT2D eigenvalue weighted by molar-refractivity contribution is 6.05. The molecule has 0 unspecified atom stereocenters. The Kier molecular flexibility index (Phi) is 4.26. The molecular weight excluding hydrogens is 747 g/mol. The molecule has 0 aliphatic heterocycles. The molecule has 0 N–H and O–H groups in total. The topological polar surface area (TPSA) is 3.24 Å². The molecule has 0 spiro atoms. The van der Waals surface area contributed by atoms with Crippen molar-refractivity contribution in [3.8, 4) is 55.6 Å². The van der Waals surface area contributed by atoms with Gasteiger partial charge in [0, 0.05) is 41.5 Å². The van der Waals surface area contributed by atoms with Gasteiger partial charge in [0.2, 0.25) is 0 Å². The van der Waals surface area contributed by atoms with Crippen LogP contribution in [-0.4, -0.2) is 0 Å². The van der Waals surface area contributed by atoms with Crippen LogP contribution in [0.25, 0.3) is 66.4 Å². The van der Waals surface area contributed by atoms with E-state index in [2.05, 4.69) is 27.7 Å². The molecule has 1 nitrogen and oxygen atoms in total. The minimum Gasteiger partial charge on any atom is -0.310 e. The Balaban J connectivity index is 1.21. The van der Waals surface area contributed by atoms with Crippen molar-refractivity contribution in [1.29, 1.82) is 0 Å². The van der Waals surface area contributed by atoms with Crippen LogP contribution in [0.3, 0.4) is 0 Å². The van der Waals surface area contributed by atoms with Crippen molar-refractivity contribution < 1.29 is 31.5 Å². The third-order valence-corrected chi connectivity index (χ3v) is 13.0. The molecule has 12 rings (SSSR count). The minimum atomic E-state index is -3.79. The Labute approximate surface area is 398 Å². The lowest BCUT2D eigenvalue weighted by atomic mass is 9.81. The maximum atomic E-state index is 10.1. The van der Waals surface area contributed by atoms with E-state index < -0.39 is 188 Å². The van der Waals surface area contributed by atoms with Crippen LogP contribution in [0.15, 0.2) is 188 Å². The average molecular weight is 819 g/mol. The highest BCUT2D eigenvalue weighted by Gasteiger charge is 2.38. The second kappa shape index (κ2) is 13.0. The summed E-state index contributed by atoms with van der Waals surface area (Å²) < 4.78 is 214. The van der Waals surface area contributed by atoms with Crippen molar-refractivity contribution in [1.82, 2.24) is 0 Å². The molecule has 9 aromatic carbocycles. The van der Waals surface area contributed by atoms with Gasteiger partial charge in [0.05, 0.1) is 23.3 Å². The molecule has 62 heavy (non-hydrogen) atoms. The SMILES string of the molecule is [2H]c1c([2H])c([2H])c2c(c1[2H])-c1c([2H])c(-c3c(-c4c([2H])c([2H])c(N(c5ccc6c(c5)C(C)(C)c5ccccc5-6)c5ccc6c(c5)C(C)(C)c5ccccc5-6)c([2H])c4[2H])c([2H])c([2H])c4c([2H])c([2H])c([2H])c([2H])c34)c([2H])c([2H])c1C2(C([2H])([2H])[2H])C([2H])([2H])[2H].